The second-order valence-corrected chi connectivity index (χ2v) is 13.6. The van der Waals surface area contributed by atoms with Crippen molar-refractivity contribution in [3.8, 4) is 6.07 Å². The van der Waals surface area contributed by atoms with Gasteiger partial charge in [-0.15, -0.1) is 0 Å². The number of carbonyl (C=O) groups excluding carboxylic acids is 1. The van der Waals surface area contributed by atoms with Gasteiger partial charge in [0.1, 0.15) is 16.4 Å². The molecule has 3 heterocycles. The van der Waals surface area contributed by atoms with E-state index in [-0.39, 0.29) is 59.7 Å². The van der Waals surface area contributed by atoms with E-state index < -0.39 is 57.6 Å². The smallest absolute Gasteiger partial charge is 0.410 e. The Morgan fingerprint density at radius 3 is 2.58 bits per heavy atom. The maximum Gasteiger partial charge on any atom is 0.410 e. The summed E-state index contributed by atoms with van der Waals surface area (Å²) in [6, 6.07) is 3.16. The van der Waals surface area contributed by atoms with Gasteiger partial charge in [-0.2, -0.15) is 36.2 Å². The molecule has 1 aromatic carbocycles. The third-order valence-corrected chi connectivity index (χ3v) is 9.40. The first kappa shape index (κ1) is 34.3. The molecule has 2 fully saturated rings. The number of rotatable bonds is 8. The third kappa shape index (κ3) is 7.80. The Bertz CT molecular complexity index is 1610. The summed E-state index contributed by atoms with van der Waals surface area (Å²) in [5, 5.41) is 16.0. The molecule has 45 heavy (non-hydrogen) atoms. The molecule has 0 bridgehead atoms. The van der Waals surface area contributed by atoms with E-state index in [0.29, 0.717) is 19.2 Å². The summed E-state index contributed by atoms with van der Waals surface area (Å²) in [4.78, 5) is 27.3. The molecule has 1 aromatic heterocycles. The first-order valence-corrected chi connectivity index (χ1v) is 15.8. The van der Waals surface area contributed by atoms with Crippen molar-refractivity contribution in [2.75, 3.05) is 49.0 Å². The highest BCUT2D eigenvalue weighted by atomic mass is 35.5. The van der Waals surface area contributed by atoms with Gasteiger partial charge in [-0.25, -0.2) is 13.9 Å². The monoisotopic (exact) mass is 675 g/mol. The van der Waals surface area contributed by atoms with Crippen molar-refractivity contribution in [1.29, 1.82) is 5.26 Å². The van der Waals surface area contributed by atoms with Crippen LogP contribution in [0.15, 0.2) is 29.2 Å². The number of nitrogens with one attached hydrogen (secondary N) is 1. The zero-order valence-electron chi connectivity index (χ0n) is 24.8. The molecule has 0 unspecified atom stereocenters. The van der Waals surface area contributed by atoms with E-state index in [2.05, 4.69) is 10.4 Å². The molecule has 18 heteroatoms. The molecule has 0 radical (unpaired) electrons. The topological polar surface area (TPSA) is 150 Å². The largest absolute Gasteiger partial charge is 0.444 e. The third-order valence-electron chi connectivity index (χ3n) is 7.16. The van der Waals surface area contributed by atoms with Gasteiger partial charge in [-0.1, -0.05) is 11.6 Å². The van der Waals surface area contributed by atoms with Gasteiger partial charge >= 0.3 is 22.9 Å². The minimum atomic E-state index is -4.89. The first-order chi connectivity index (χ1) is 21.1. The molecule has 1 atom stereocenters. The fourth-order valence-corrected chi connectivity index (χ4v) is 6.69. The van der Waals surface area contributed by atoms with Crippen LogP contribution in [0.4, 0.5) is 29.3 Å². The summed E-state index contributed by atoms with van der Waals surface area (Å²) in [7, 11) is -4.89. The predicted octanol–water partition coefficient (Wildman–Crippen LogP) is 3.57. The summed E-state index contributed by atoms with van der Waals surface area (Å²) < 4.78 is 81.3. The van der Waals surface area contributed by atoms with E-state index in [4.69, 9.17) is 26.3 Å². The molecule has 2 aromatic rings. The van der Waals surface area contributed by atoms with E-state index >= 15 is 0 Å². The SMILES string of the molecule is CC(C)(C)OC(=O)N1CCOC[C@H]1CNc1cnn(C2CCN(S(=O)(=O)N(c3ccc(C#N)cc3F)C(F)F)CC2)c(=O)c1Cl. The van der Waals surface area contributed by atoms with Crippen LogP contribution in [0.2, 0.25) is 5.02 Å². The highest BCUT2D eigenvalue weighted by Crippen LogP contribution is 2.31. The fourth-order valence-electron chi connectivity index (χ4n) is 4.97. The molecule has 2 saturated heterocycles. The van der Waals surface area contributed by atoms with Gasteiger partial charge in [-0.3, -0.25) is 9.69 Å². The van der Waals surface area contributed by atoms with Crippen LogP contribution in [0, 0.1) is 17.1 Å². The normalized spacial score (nSPS) is 18.5. The fraction of sp³-hybridized carbons (Fsp3) is 0.556. The van der Waals surface area contributed by atoms with Crippen molar-refractivity contribution in [2.45, 2.75) is 57.8 Å². The molecular weight excluding hydrogens is 643 g/mol. The maximum absolute atomic E-state index is 14.5. The summed E-state index contributed by atoms with van der Waals surface area (Å²) >= 11 is 6.38. The van der Waals surface area contributed by atoms with Crippen LogP contribution < -0.4 is 15.2 Å². The minimum Gasteiger partial charge on any atom is -0.444 e. The molecule has 4 rings (SSSR count). The lowest BCUT2D eigenvalue weighted by atomic mass is 10.1. The number of aromatic nitrogens is 2. The Balaban J connectivity index is 1.43. The van der Waals surface area contributed by atoms with Crippen LogP contribution in [0.3, 0.4) is 0 Å². The van der Waals surface area contributed by atoms with Gasteiger partial charge in [0, 0.05) is 26.2 Å². The summed E-state index contributed by atoms with van der Waals surface area (Å²) in [5.41, 5.74) is -2.18. The zero-order chi connectivity index (χ0) is 33.1. The molecule has 1 N–H and O–H groups in total. The lowest BCUT2D eigenvalue weighted by Gasteiger charge is -2.36. The number of ether oxygens (including phenoxy) is 2. The quantitative estimate of drug-likeness (QED) is 0.415. The van der Waals surface area contributed by atoms with Crippen LogP contribution in [0.1, 0.15) is 45.2 Å². The van der Waals surface area contributed by atoms with E-state index in [0.717, 1.165) is 21.1 Å². The Kier molecular flexibility index (Phi) is 10.5. The van der Waals surface area contributed by atoms with Crippen LogP contribution in [-0.4, -0.2) is 91.1 Å². The number of nitrogens with zero attached hydrogens (tertiary/aromatic N) is 6. The number of anilines is 2. The van der Waals surface area contributed by atoms with Crippen LogP contribution in [-0.2, 0) is 19.7 Å². The molecular formula is C27H33ClF3N7O6S. The molecule has 0 spiro atoms. The lowest BCUT2D eigenvalue weighted by Crippen LogP contribution is -2.53. The van der Waals surface area contributed by atoms with Crippen molar-refractivity contribution in [3.05, 3.63) is 51.2 Å². The van der Waals surface area contributed by atoms with Crippen molar-refractivity contribution in [2.24, 2.45) is 0 Å². The molecule has 13 nitrogen and oxygen atoms in total. The van der Waals surface area contributed by atoms with Gasteiger partial charge in [0.15, 0.2) is 0 Å². The number of amides is 1. The molecule has 1 amide bonds. The molecule has 0 aliphatic carbocycles. The van der Waals surface area contributed by atoms with Gasteiger partial charge < -0.3 is 14.8 Å². The molecule has 246 valence electrons. The standard InChI is InChI=1S/C27H33ClF3N7O6S/c1-27(2,3)44-26(40)36-10-11-43-16-19(36)14-33-21-15-34-37(24(39)23(21)28)18-6-8-35(9-7-18)45(41,42)38(25(30)31)22-5-4-17(13-32)12-20(22)29/h4-5,12,15,18-19,25,33H,6-11,14,16H2,1-3H3/t19-/m1/s1. The number of benzene rings is 1. The second-order valence-electron chi connectivity index (χ2n) is 11.4. The number of alkyl halides is 2. The summed E-state index contributed by atoms with van der Waals surface area (Å²) in [5.74, 6) is -1.29. The van der Waals surface area contributed by atoms with E-state index in [1.807, 2.05) is 0 Å². The Morgan fingerprint density at radius 2 is 1.98 bits per heavy atom. The number of morpholine rings is 1. The van der Waals surface area contributed by atoms with E-state index in [1.54, 1.807) is 26.8 Å². The van der Waals surface area contributed by atoms with Gasteiger partial charge in [-0.05, 0) is 51.8 Å². The summed E-state index contributed by atoms with van der Waals surface area (Å²) in [6.07, 6.45) is 0.906. The van der Waals surface area contributed by atoms with E-state index in [1.165, 1.54) is 11.1 Å². The number of nitriles is 1. The van der Waals surface area contributed by atoms with Crippen molar-refractivity contribution in [1.82, 2.24) is 19.0 Å². The van der Waals surface area contributed by atoms with Crippen molar-refractivity contribution < 1.29 is 35.9 Å². The Hall–Kier alpha value is -3.59. The second kappa shape index (κ2) is 13.8. The van der Waals surface area contributed by atoms with Gasteiger partial charge in [0.2, 0.25) is 0 Å². The van der Waals surface area contributed by atoms with Crippen LogP contribution in [0.5, 0.6) is 0 Å². The molecule has 0 saturated carbocycles. The van der Waals surface area contributed by atoms with E-state index in [9.17, 15) is 31.2 Å². The molecule has 2 aliphatic rings. The average molecular weight is 676 g/mol. The van der Waals surface area contributed by atoms with Gasteiger partial charge in [0.05, 0.1) is 54.5 Å². The highest BCUT2D eigenvalue weighted by Gasteiger charge is 2.40. The van der Waals surface area contributed by atoms with Crippen molar-refractivity contribution >= 4 is 39.3 Å². The minimum absolute atomic E-state index is 0.0342. The van der Waals surface area contributed by atoms with Crippen LogP contribution >= 0.6 is 11.6 Å². The Morgan fingerprint density at radius 1 is 1.29 bits per heavy atom. The average Bonchev–Trinajstić information content (AvgIpc) is 2.98. The number of carbonyl (C=O) groups is 1. The first-order valence-electron chi connectivity index (χ1n) is 14.0. The summed E-state index contributed by atoms with van der Waals surface area (Å²) in [6.45, 7) is 2.24. The number of hydrogen-bond acceptors (Lipinski definition) is 9. The van der Waals surface area contributed by atoms with Crippen molar-refractivity contribution in [3.63, 3.8) is 0 Å². The van der Waals surface area contributed by atoms with Gasteiger partial charge in [0.25, 0.3) is 5.56 Å². The zero-order valence-corrected chi connectivity index (χ0v) is 26.3. The number of halogens is 4. The maximum atomic E-state index is 14.5. The Labute approximate surface area is 263 Å². The van der Waals surface area contributed by atoms with Crippen LogP contribution in [0.25, 0.3) is 0 Å². The lowest BCUT2D eigenvalue weighted by molar-refractivity contribution is -0.0290. The predicted molar refractivity (Wildman–Crippen MR) is 158 cm³/mol. The molecule has 2 aliphatic heterocycles. The highest BCUT2D eigenvalue weighted by molar-refractivity contribution is 7.90. The number of piperidine rings is 1. The number of hydrogen-bond donors (Lipinski definition) is 1.